The van der Waals surface area contributed by atoms with Gasteiger partial charge in [0.25, 0.3) is 0 Å². The summed E-state index contributed by atoms with van der Waals surface area (Å²) in [6, 6.07) is 9.93. The van der Waals surface area contributed by atoms with Crippen molar-refractivity contribution in [2.24, 2.45) is 5.73 Å². The molecule has 1 aromatic carbocycles. The van der Waals surface area contributed by atoms with E-state index in [4.69, 9.17) is 5.73 Å². The summed E-state index contributed by atoms with van der Waals surface area (Å²) >= 11 is 0. The smallest absolute Gasteiger partial charge is 0.0455 e. The second kappa shape index (κ2) is 5.85. The summed E-state index contributed by atoms with van der Waals surface area (Å²) in [7, 11) is 2.23. The number of nitrogens with zero attached hydrogens (tertiary/aromatic N) is 1. The molecular weight excluding hydrogens is 220 g/mol. The maximum Gasteiger partial charge on any atom is 0.0455 e. The van der Waals surface area contributed by atoms with E-state index in [-0.39, 0.29) is 6.04 Å². The number of aryl methyl sites for hydroxylation is 1. The number of fused-ring (bicyclic) bond motifs is 1. The van der Waals surface area contributed by atoms with E-state index in [9.17, 15) is 0 Å². The lowest BCUT2D eigenvalue weighted by Crippen LogP contribution is -2.44. The first-order valence-electron chi connectivity index (χ1n) is 7.20. The third-order valence-electron chi connectivity index (χ3n) is 4.58. The van der Waals surface area contributed by atoms with Crippen LogP contribution < -0.4 is 5.73 Å². The van der Waals surface area contributed by atoms with Crippen LogP contribution in [0, 0.1) is 0 Å². The van der Waals surface area contributed by atoms with Gasteiger partial charge in [-0.2, -0.15) is 0 Å². The molecule has 3 atom stereocenters. The van der Waals surface area contributed by atoms with Gasteiger partial charge in [0.1, 0.15) is 0 Å². The molecule has 0 radical (unpaired) electrons. The summed E-state index contributed by atoms with van der Waals surface area (Å²) in [4.78, 5) is 2.48. The number of rotatable bonds is 3. The molecule has 1 aliphatic rings. The molecule has 0 heterocycles. The Bertz CT molecular complexity index is 388. The molecule has 0 bridgehead atoms. The minimum atomic E-state index is 0.155. The van der Waals surface area contributed by atoms with Crippen LogP contribution in [0.5, 0.6) is 0 Å². The van der Waals surface area contributed by atoms with Crippen molar-refractivity contribution in [1.29, 1.82) is 0 Å². The molecule has 100 valence electrons. The molecule has 0 aromatic heterocycles. The van der Waals surface area contributed by atoms with Crippen LogP contribution >= 0.6 is 0 Å². The van der Waals surface area contributed by atoms with Crippen molar-refractivity contribution in [2.45, 2.75) is 57.7 Å². The van der Waals surface area contributed by atoms with Crippen LogP contribution in [0.2, 0.25) is 0 Å². The maximum atomic E-state index is 6.54. The Morgan fingerprint density at radius 2 is 2.11 bits per heavy atom. The molecule has 0 amide bonds. The van der Waals surface area contributed by atoms with Gasteiger partial charge in [-0.15, -0.1) is 0 Å². The molecule has 0 aliphatic heterocycles. The van der Waals surface area contributed by atoms with Gasteiger partial charge in [-0.3, -0.25) is 4.90 Å². The zero-order valence-corrected chi connectivity index (χ0v) is 11.9. The predicted molar refractivity (Wildman–Crippen MR) is 77.6 cm³/mol. The quantitative estimate of drug-likeness (QED) is 0.830. The minimum absolute atomic E-state index is 0.155. The van der Waals surface area contributed by atoms with Crippen LogP contribution in [-0.4, -0.2) is 24.0 Å². The molecule has 0 saturated heterocycles. The van der Waals surface area contributed by atoms with E-state index < -0.39 is 0 Å². The second-order valence-electron chi connectivity index (χ2n) is 5.61. The van der Waals surface area contributed by atoms with Crippen LogP contribution in [0.4, 0.5) is 0 Å². The number of nitrogens with two attached hydrogens (primary N) is 1. The Kier molecular flexibility index (Phi) is 4.41. The van der Waals surface area contributed by atoms with E-state index in [1.165, 1.54) is 36.8 Å². The monoisotopic (exact) mass is 246 g/mol. The summed E-state index contributed by atoms with van der Waals surface area (Å²) < 4.78 is 0. The molecule has 2 nitrogen and oxygen atoms in total. The summed E-state index contributed by atoms with van der Waals surface area (Å²) in [6.07, 6.45) is 4.81. The zero-order valence-electron chi connectivity index (χ0n) is 11.9. The topological polar surface area (TPSA) is 29.3 Å². The van der Waals surface area contributed by atoms with Gasteiger partial charge in [-0.05, 0) is 50.8 Å². The highest BCUT2D eigenvalue weighted by Crippen LogP contribution is 2.30. The standard InChI is InChI=1S/C16H26N2/c1-4-12(2)18(3)15-11-7-9-13-8-5-6-10-14(13)16(15)17/h5-6,8,10,12,15-16H,4,7,9,11,17H2,1-3H3. The van der Waals surface area contributed by atoms with Crippen LogP contribution in [0.25, 0.3) is 0 Å². The van der Waals surface area contributed by atoms with Gasteiger partial charge in [-0.25, -0.2) is 0 Å². The molecule has 2 rings (SSSR count). The van der Waals surface area contributed by atoms with E-state index in [1.54, 1.807) is 0 Å². The fourth-order valence-electron chi connectivity index (χ4n) is 3.05. The summed E-state index contributed by atoms with van der Waals surface area (Å²) in [5.74, 6) is 0. The highest BCUT2D eigenvalue weighted by molar-refractivity contribution is 5.32. The van der Waals surface area contributed by atoms with Gasteiger partial charge in [-0.1, -0.05) is 31.2 Å². The first-order chi connectivity index (χ1) is 8.65. The lowest BCUT2D eigenvalue weighted by molar-refractivity contribution is 0.148. The highest BCUT2D eigenvalue weighted by Gasteiger charge is 2.29. The van der Waals surface area contributed by atoms with E-state index in [1.807, 2.05) is 0 Å². The minimum Gasteiger partial charge on any atom is -0.323 e. The Labute approximate surface area is 111 Å². The van der Waals surface area contributed by atoms with Crippen molar-refractivity contribution in [3.63, 3.8) is 0 Å². The number of benzene rings is 1. The van der Waals surface area contributed by atoms with Crippen molar-refractivity contribution in [1.82, 2.24) is 4.90 Å². The average Bonchev–Trinajstić information content (AvgIpc) is 2.57. The molecule has 2 N–H and O–H groups in total. The fraction of sp³-hybridized carbons (Fsp3) is 0.625. The Morgan fingerprint density at radius 1 is 1.39 bits per heavy atom. The second-order valence-corrected chi connectivity index (χ2v) is 5.61. The third-order valence-corrected chi connectivity index (χ3v) is 4.58. The first kappa shape index (κ1) is 13.6. The SMILES string of the molecule is CCC(C)N(C)C1CCCc2ccccc2C1N. The van der Waals surface area contributed by atoms with Gasteiger partial charge in [0, 0.05) is 18.1 Å². The van der Waals surface area contributed by atoms with E-state index >= 15 is 0 Å². The predicted octanol–water partition coefficient (Wildman–Crippen LogP) is 3.12. The Morgan fingerprint density at radius 3 is 2.83 bits per heavy atom. The van der Waals surface area contributed by atoms with Gasteiger partial charge in [0.2, 0.25) is 0 Å². The van der Waals surface area contributed by atoms with Crippen molar-refractivity contribution >= 4 is 0 Å². The number of hydrogen-bond donors (Lipinski definition) is 1. The van der Waals surface area contributed by atoms with Crippen molar-refractivity contribution in [3.05, 3.63) is 35.4 Å². The first-order valence-corrected chi connectivity index (χ1v) is 7.20. The summed E-state index contributed by atoms with van der Waals surface area (Å²) in [6.45, 7) is 4.54. The van der Waals surface area contributed by atoms with Gasteiger partial charge in [0.05, 0.1) is 0 Å². The number of hydrogen-bond acceptors (Lipinski definition) is 2. The summed E-state index contributed by atoms with van der Waals surface area (Å²) in [5.41, 5.74) is 9.35. The van der Waals surface area contributed by atoms with Crippen LogP contribution in [0.15, 0.2) is 24.3 Å². The van der Waals surface area contributed by atoms with E-state index in [2.05, 4.69) is 50.1 Å². The zero-order chi connectivity index (χ0) is 13.1. The molecule has 1 aromatic rings. The average molecular weight is 246 g/mol. The maximum absolute atomic E-state index is 6.54. The van der Waals surface area contributed by atoms with E-state index in [0.29, 0.717) is 12.1 Å². The van der Waals surface area contributed by atoms with Crippen LogP contribution in [0.1, 0.15) is 50.3 Å². The van der Waals surface area contributed by atoms with Crippen molar-refractivity contribution < 1.29 is 0 Å². The van der Waals surface area contributed by atoms with Gasteiger partial charge < -0.3 is 5.73 Å². The highest BCUT2D eigenvalue weighted by atomic mass is 15.2. The lowest BCUT2D eigenvalue weighted by Gasteiger charge is -2.36. The number of likely N-dealkylation sites (N-methyl/N-ethyl adjacent to an activating group) is 1. The van der Waals surface area contributed by atoms with Gasteiger partial charge >= 0.3 is 0 Å². The molecule has 1 aliphatic carbocycles. The largest absolute Gasteiger partial charge is 0.323 e. The molecule has 0 spiro atoms. The molecule has 3 unspecified atom stereocenters. The van der Waals surface area contributed by atoms with Crippen LogP contribution in [-0.2, 0) is 6.42 Å². The molecule has 2 heteroatoms. The summed E-state index contributed by atoms with van der Waals surface area (Å²) in [5, 5.41) is 0. The molecule has 18 heavy (non-hydrogen) atoms. The lowest BCUT2D eigenvalue weighted by atomic mass is 9.95. The van der Waals surface area contributed by atoms with Crippen LogP contribution in [0.3, 0.4) is 0 Å². The molecular formula is C16H26N2. The Balaban J connectivity index is 2.24. The normalized spacial score (nSPS) is 25.6. The van der Waals surface area contributed by atoms with Gasteiger partial charge in [0.15, 0.2) is 0 Å². The van der Waals surface area contributed by atoms with Crippen molar-refractivity contribution in [3.8, 4) is 0 Å². The fourth-order valence-corrected chi connectivity index (χ4v) is 3.05. The van der Waals surface area contributed by atoms with E-state index in [0.717, 1.165) is 0 Å². The Hall–Kier alpha value is -0.860. The van der Waals surface area contributed by atoms with Crippen molar-refractivity contribution in [2.75, 3.05) is 7.05 Å². The molecule has 0 fully saturated rings. The third kappa shape index (κ3) is 2.60. The molecule has 0 saturated carbocycles.